The topological polar surface area (TPSA) is 93.5 Å². The number of aliphatic hydroxyl groups is 4. The van der Waals surface area contributed by atoms with Crippen LogP contribution in [0.25, 0.3) is 0 Å². The lowest BCUT2D eigenvalue weighted by molar-refractivity contribution is -0.0328. The molecule has 1 fully saturated rings. The average molecular weight is 256 g/mol. The van der Waals surface area contributed by atoms with Gasteiger partial charge in [-0.05, 0) is 5.56 Å². The van der Waals surface area contributed by atoms with Crippen LogP contribution in [0.5, 0.6) is 0 Å². The molecule has 5 nitrogen and oxygen atoms in total. The lowest BCUT2D eigenvalue weighted by atomic mass is 9.93. The predicted molar refractivity (Wildman–Crippen MR) is 65.9 cm³/mol. The van der Waals surface area contributed by atoms with E-state index in [1.165, 1.54) is 5.56 Å². The van der Waals surface area contributed by atoms with Crippen LogP contribution in [0.3, 0.4) is 0 Å². The van der Waals surface area contributed by atoms with Gasteiger partial charge in [-0.15, -0.1) is 0 Å². The summed E-state index contributed by atoms with van der Waals surface area (Å²) in [5.74, 6) is 0. The first kappa shape index (κ1) is 15.1. The number of epoxide rings is 1. The highest BCUT2D eigenvalue weighted by molar-refractivity contribution is 5.19. The Morgan fingerprint density at radius 2 is 1.39 bits per heavy atom. The van der Waals surface area contributed by atoms with Gasteiger partial charge in [0.15, 0.2) is 0 Å². The van der Waals surface area contributed by atoms with E-state index in [0.29, 0.717) is 6.10 Å². The Hall–Kier alpha value is -0.980. The van der Waals surface area contributed by atoms with Crippen molar-refractivity contribution in [2.24, 2.45) is 5.41 Å². The van der Waals surface area contributed by atoms with E-state index in [-0.39, 0.29) is 0 Å². The Bertz CT molecular complexity index is 302. The summed E-state index contributed by atoms with van der Waals surface area (Å²) in [6.07, 6.45) is 0.409. The quantitative estimate of drug-likeness (QED) is 0.543. The maximum absolute atomic E-state index is 8.50. The number of aliphatic hydroxyl groups excluding tert-OH is 4. The number of hydrogen-bond donors (Lipinski definition) is 4. The Balaban J connectivity index is 0.000000180. The molecule has 0 radical (unpaired) electrons. The van der Waals surface area contributed by atoms with E-state index in [0.717, 1.165) is 6.61 Å². The zero-order chi connectivity index (χ0) is 13.4. The maximum atomic E-state index is 8.50. The van der Waals surface area contributed by atoms with E-state index < -0.39 is 31.8 Å². The molecular weight excluding hydrogens is 236 g/mol. The van der Waals surface area contributed by atoms with Crippen molar-refractivity contribution in [1.29, 1.82) is 0 Å². The van der Waals surface area contributed by atoms with Crippen LogP contribution >= 0.6 is 0 Å². The van der Waals surface area contributed by atoms with E-state index >= 15 is 0 Å². The largest absolute Gasteiger partial charge is 0.396 e. The standard InChI is InChI=1S/C8H8O.C5H12O4/c1-2-4-7(5-3-1)8-6-9-8;6-1-5(2-7,3-8)4-9/h1-5,8H,6H2;6-9H,1-4H2. The summed E-state index contributed by atoms with van der Waals surface area (Å²) in [6.45, 7) is -0.718. The van der Waals surface area contributed by atoms with Crippen molar-refractivity contribution >= 4 is 0 Å². The zero-order valence-corrected chi connectivity index (χ0v) is 10.2. The highest BCUT2D eigenvalue weighted by Crippen LogP contribution is 2.28. The molecule has 102 valence electrons. The van der Waals surface area contributed by atoms with E-state index in [1.54, 1.807) is 0 Å². The van der Waals surface area contributed by atoms with Gasteiger partial charge in [0.1, 0.15) is 6.10 Å². The predicted octanol–water partition coefficient (Wildman–Crippen LogP) is -0.300. The van der Waals surface area contributed by atoms with Gasteiger partial charge in [0.2, 0.25) is 0 Å². The lowest BCUT2D eigenvalue weighted by Gasteiger charge is -2.23. The van der Waals surface area contributed by atoms with Gasteiger partial charge in [0.25, 0.3) is 0 Å². The minimum Gasteiger partial charge on any atom is -0.396 e. The monoisotopic (exact) mass is 256 g/mol. The molecule has 1 saturated heterocycles. The van der Waals surface area contributed by atoms with Gasteiger partial charge in [-0.2, -0.15) is 0 Å². The van der Waals surface area contributed by atoms with Crippen LogP contribution in [0.15, 0.2) is 30.3 Å². The number of ether oxygens (including phenoxy) is 1. The van der Waals surface area contributed by atoms with E-state index in [1.807, 2.05) is 18.2 Å². The highest BCUT2D eigenvalue weighted by Gasteiger charge is 2.26. The van der Waals surface area contributed by atoms with Gasteiger partial charge in [-0.3, -0.25) is 0 Å². The smallest absolute Gasteiger partial charge is 0.106 e. The van der Waals surface area contributed by atoms with Gasteiger partial charge in [-0.25, -0.2) is 0 Å². The molecule has 0 aliphatic carbocycles. The third kappa shape index (κ3) is 4.36. The van der Waals surface area contributed by atoms with Crippen LogP contribution in [-0.2, 0) is 4.74 Å². The molecule has 2 rings (SSSR count). The normalized spacial score (nSPS) is 17.9. The molecule has 1 heterocycles. The summed E-state index contributed by atoms with van der Waals surface area (Å²) in [5, 5.41) is 34.0. The maximum Gasteiger partial charge on any atom is 0.106 e. The summed E-state index contributed by atoms with van der Waals surface area (Å²) in [5.41, 5.74) is 0.192. The summed E-state index contributed by atoms with van der Waals surface area (Å²) >= 11 is 0. The first-order valence-corrected chi connectivity index (χ1v) is 5.81. The molecule has 18 heavy (non-hydrogen) atoms. The van der Waals surface area contributed by atoms with Gasteiger partial charge in [0, 0.05) is 0 Å². The minimum absolute atomic E-state index is 0.406. The minimum atomic E-state index is -1.11. The second kappa shape index (κ2) is 7.45. The molecule has 1 atom stereocenters. The van der Waals surface area contributed by atoms with Gasteiger partial charge in [-0.1, -0.05) is 30.3 Å². The highest BCUT2D eigenvalue weighted by atomic mass is 16.6. The van der Waals surface area contributed by atoms with Crippen molar-refractivity contribution in [3.8, 4) is 0 Å². The molecule has 1 aromatic carbocycles. The number of hydrogen-bond acceptors (Lipinski definition) is 5. The molecule has 4 N–H and O–H groups in total. The van der Waals surface area contributed by atoms with Crippen molar-refractivity contribution in [2.45, 2.75) is 6.10 Å². The van der Waals surface area contributed by atoms with Crippen molar-refractivity contribution in [3.63, 3.8) is 0 Å². The Kier molecular flexibility index (Phi) is 6.24. The zero-order valence-electron chi connectivity index (χ0n) is 10.2. The second-order valence-corrected chi connectivity index (χ2v) is 4.37. The van der Waals surface area contributed by atoms with Crippen molar-refractivity contribution in [2.75, 3.05) is 33.0 Å². The second-order valence-electron chi connectivity index (χ2n) is 4.37. The average Bonchev–Trinajstić information content (AvgIpc) is 3.28. The third-order valence-electron chi connectivity index (χ3n) is 2.85. The molecular formula is C13H20O5. The molecule has 0 aromatic heterocycles. The summed E-state index contributed by atoms with van der Waals surface area (Å²) < 4.78 is 5.09. The van der Waals surface area contributed by atoms with Gasteiger partial charge in [0.05, 0.1) is 38.4 Å². The van der Waals surface area contributed by atoms with Crippen molar-refractivity contribution < 1.29 is 25.2 Å². The van der Waals surface area contributed by atoms with Crippen molar-refractivity contribution in [3.05, 3.63) is 35.9 Å². The van der Waals surface area contributed by atoms with E-state index in [9.17, 15) is 0 Å². The van der Waals surface area contributed by atoms with E-state index in [4.69, 9.17) is 25.2 Å². The molecule has 1 aromatic rings. The van der Waals surface area contributed by atoms with Gasteiger partial charge < -0.3 is 25.2 Å². The number of rotatable bonds is 5. The Labute approximate surface area is 106 Å². The first-order chi connectivity index (χ1) is 8.71. The van der Waals surface area contributed by atoms with Crippen LogP contribution in [0.1, 0.15) is 11.7 Å². The molecule has 1 aliphatic heterocycles. The summed E-state index contributed by atoms with van der Waals surface area (Å²) in [4.78, 5) is 0. The molecule has 1 unspecified atom stereocenters. The first-order valence-electron chi connectivity index (χ1n) is 5.81. The lowest BCUT2D eigenvalue weighted by Crippen LogP contribution is -2.37. The van der Waals surface area contributed by atoms with Gasteiger partial charge >= 0.3 is 0 Å². The van der Waals surface area contributed by atoms with Crippen LogP contribution in [0, 0.1) is 5.41 Å². The molecule has 1 aliphatic rings. The molecule has 0 saturated carbocycles. The Morgan fingerprint density at radius 1 is 0.944 bits per heavy atom. The van der Waals surface area contributed by atoms with E-state index in [2.05, 4.69) is 12.1 Å². The molecule has 0 bridgehead atoms. The van der Waals surface area contributed by atoms with Crippen LogP contribution < -0.4 is 0 Å². The summed E-state index contributed by atoms with van der Waals surface area (Å²) in [7, 11) is 0. The fraction of sp³-hybridized carbons (Fsp3) is 0.538. The van der Waals surface area contributed by atoms with Crippen molar-refractivity contribution in [1.82, 2.24) is 0 Å². The third-order valence-corrected chi connectivity index (χ3v) is 2.85. The Morgan fingerprint density at radius 3 is 1.67 bits per heavy atom. The van der Waals surface area contributed by atoms with Crippen LogP contribution in [0.2, 0.25) is 0 Å². The van der Waals surface area contributed by atoms with Crippen LogP contribution in [0.4, 0.5) is 0 Å². The summed E-state index contributed by atoms with van der Waals surface area (Å²) in [6, 6.07) is 10.3. The fourth-order valence-electron chi connectivity index (χ4n) is 1.21. The fourth-order valence-corrected chi connectivity index (χ4v) is 1.21. The SMILES string of the molecule is OCC(CO)(CO)CO.c1ccc(C2CO2)cc1. The number of benzene rings is 1. The molecule has 0 spiro atoms. The van der Waals surface area contributed by atoms with Crippen LogP contribution in [-0.4, -0.2) is 53.5 Å². The molecule has 5 heteroatoms. The molecule has 0 amide bonds.